The number of nitrogen functional groups attached to an aromatic ring is 1. The summed E-state index contributed by atoms with van der Waals surface area (Å²) in [5, 5.41) is 0. The van der Waals surface area contributed by atoms with Crippen molar-refractivity contribution in [1.82, 2.24) is 9.97 Å². The Hall–Kier alpha value is -1.76. The van der Waals surface area contributed by atoms with E-state index in [2.05, 4.69) is 30.6 Å². The summed E-state index contributed by atoms with van der Waals surface area (Å²) in [5.74, 6) is 0.545. The number of nitrogens with zero attached hydrogens (tertiary/aromatic N) is 2. The number of nitrogens with two attached hydrogens (primary N) is 1. The van der Waals surface area contributed by atoms with E-state index in [9.17, 15) is 8.78 Å². The lowest BCUT2D eigenvalue weighted by Crippen LogP contribution is -2.06. The van der Waals surface area contributed by atoms with Crippen LogP contribution in [0.2, 0.25) is 0 Å². The van der Waals surface area contributed by atoms with Crippen LogP contribution >= 0.6 is 15.9 Å². The van der Waals surface area contributed by atoms with E-state index in [0.29, 0.717) is 22.2 Å². The predicted molar refractivity (Wildman–Crippen MR) is 75.6 cm³/mol. The third kappa shape index (κ3) is 3.04. The summed E-state index contributed by atoms with van der Waals surface area (Å²) in [6, 6.07) is 6.35. The summed E-state index contributed by atoms with van der Waals surface area (Å²) in [7, 11) is 0. The van der Waals surface area contributed by atoms with Gasteiger partial charge in [0.2, 0.25) is 0 Å². The van der Waals surface area contributed by atoms with Crippen molar-refractivity contribution in [3.05, 3.63) is 34.4 Å². The van der Waals surface area contributed by atoms with E-state index < -0.39 is 6.61 Å². The molecular formula is C13H12BrF2N3O. The van der Waals surface area contributed by atoms with Crippen LogP contribution in [0.25, 0.3) is 11.4 Å². The molecule has 20 heavy (non-hydrogen) atoms. The van der Waals surface area contributed by atoms with Crippen LogP contribution in [0, 0.1) is 0 Å². The Morgan fingerprint density at radius 1 is 1.30 bits per heavy atom. The van der Waals surface area contributed by atoms with Crippen molar-refractivity contribution >= 4 is 21.7 Å². The van der Waals surface area contributed by atoms with E-state index in [1.807, 2.05) is 6.92 Å². The minimum Gasteiger partial charge on any atom is -0.434 e. The Balaban J connectivity index is 2.54. The standard InChI is InChI=1S/C13H12BrF2N3O/c1-2-8-10(14)11(17)19-12(18-8)7-5-3-4-6-9(7)20-13(15)16/h3-6,13H,2H2,1H3,(H2,17,18,19). The first-order chi connectivity index (χ1) is 9.52. The molecule has 0 unspecified atom stereocenters. The molecular weight excluding hydrogens is 332 g/mol. The molecule has 0 aliphatic heterocycles. The van der Waals surface area contributed by atoms with E-state index in [1.165, 1.54) is 6.07 Å². The molecule has 0 spiro atoms. The van der Waals surface area contributed by atoms with Gasteiger partial charge in [-0.15, -0.1) is 0 Å². The summed E-state index contributed by atoms with van der Waals surface area (Å²) in [6.07, 6.45) is 0.637. The fourth-order valence-electron chi connectivity index (χ4n) is 1.72. The highest BCUT2D eigenvalue weighted by atomic mass is 79.9. The molecule has 7 heteroatoms. The van der Waals surface area contributed by atoms with E-state index in [4.69, 9.17) is 5.73 Å². The Kier molecular flexibility index (Phi) is 4.49. The Morgan fingerprint density at radius 2 is 2.00 bits per heavy atom. The number of benzene rings is 1. The highest BCUT2D eigenvalue weighted by molar-refractivity contribution is 9.10. The van der Waals surface area contributed by atoms with E-state index in [0.717, 1.165) is 0 Å². The number of halogens is 3. The largest absolute Gasteiger partial charge is 0.434 e. The topological polar surface area (TPSA) is 61.0 Å². The van der Waals surface area contributed by atoms with Gasteiger partial charge in [-0.2, -0.15) is 8.78 Å². The van der Waals surface area contributed by atoms with Crippen molar-refractivity contribution < 1.29 is 13.5 Å². The Labute approximate surface area is 123 Å². The molecule has 1 aromatic carbocycles. The first-order valence-electron chi connectivity index (χ1n) is 5.89. The number of para-hydroxylation sites is 1. The monoisotopic (exact) mass is 343 g/mol. The zero-order chi connectivity index (χ0) is 14.7. The van der Waals surface area contributed by atoms with Gasteiger partial charge in [-0.1, -0.05) is 19.1 Å². The van der Waals surface area contributed by atoms with Crippen LogP contribution < -0.4 is 10.5 Å². The molecule has 0 saturated heterocycles. The second kappa shape index (κ2) is 6.13. The van der Waals surface area contributed by atoms with E-state index in [-0.39, 0.29) is 17.4 Å². The van der Waals surface area contributed by atoms with E-state index >= 15 is 0 Å². The molecule has 0 saturated carbocycles. The lowest BCUT2D eigenvalue weighted by atomic mass is 10.2. The number of rotatable bonds is 4. The smallest absolute Gasteiger partial charge is 0.387 e. The molecule has 0 amide bonds. The van der Waals surface area contributed by atoms with Crippen LogP contribution in [-0.4, -0.2) is 16.6 Å². The maximum Gasteiger partial charge on any atom is 0.387 e. The van der Waals surface area contributed by atoms with Crippen molar-refractivity contribution in [1.29, 1.82) is 0 Å². The van der Waals surface area contributed by atoms with Crippen LogP contribution in [0.15, 0.2) is 28.7 Å². The number of aryl methyl sites for hydroxylation is 1. The molecule has 0 bridgehead atoms. The summed E-state index contributed by atoms with van der Waals surface area (Å²) in [4.78, 5) is 8.44. The molecule has 0 radical (unpaired) electrons. The van der Waals surface area contributed by atoms with Crippen molar-refractivity contribution in [2.24, 2.45) is 0 Å². The highest BCUT2D eigenvalue weighted by Crippen LogP contribution is 2.31. The molecule has 2 N–H and O–H groups in total. The first kappa shape index (κ1) is 14.6. The van der Waals surface area contributed by atoms with Gasteiger partial charge in [0.25, 0.3) is 0 Å². The molecule has 2 aromatic rings. The molecule has 0 aliphatic rings. The quantitative estimate of drug-likeness (QED) is 0.920. The minimum absolute atomic E-state index is 0.0197. The van der Waals surface area contributed by atoms with Crippen LogP contribution in [-0.2, 0) is 6.42 Å². The van der Waals surface area contributed by atoms with Gasteiger partial charge in [-0.25, -0.2) is 9.97 Å². The molecule has 2 rings (SSSR count). The maximum absolute atomic E-state index is 12.4. The lowest BCUT2D eigenvalue weighted by Gasteiger charge is -2.11. The van der Waals surface area contributed by atoms with Crippen molar-refractivity contribution in [3.63, 3.8) is 0 Å². The predicted octanol–water partition coefficient (Wildman–Crippen LogP) is 3.65. The normalized spacial score (nSPS) is 10.8. The first-order valence-corrected chi connectivity index (χ1v) is 6.68. The zero-order valence-electron chi connectivity index (χ0n) is 10.6. The summed E-state index contributed by atoms with van der Waals surface area (Å²) < 4.78 is 29.9. The fraction of sp³-hybridized carbons (Fsp3) is 0.231. The van der Waals surface area contributed by atoms with Crippen LogP contribution in [0.5, 0.6) is 5.75 Å². The van der Waals surface area contributed by atoms with E-state index in [1.54, 1.807) is 18.2 Å². The zero-order valence-corrected chi connectivity index (χ0v) is 12.2. The van der Waals surface area contributed by atoms with Crippen molar-refractivity contribution in [2.75, 3.05) is 5.73 Å². The minimum atomic E-state index is -2.91. The lowest BCUT2D eigenvalue weighted by molar-refractivity contribution is -0.0494. The summed E-state index contributed by atoms with van der Waals surface area (Å²) in [5.41, 5.74) is 6.88. The number of alkyl halides is 2. The fourth-order valence-corrected chi connectivity index (χ4v) is 2.18. The van der Waals surface area contributed by atoms with Gasteiger partial charge < -0.3 is 10.5 Å². The number of hydrogen-bond donors (Lipinski definition) is 1. The molecule has 0 fully saturated rings. The molecule has 106 valence electrons. The summed E-state index contributed by atoms with van der Waals surface area (Å²) >= 11 is 3.30. The Morgan fingerprint density at radius 3 is 2.65 bits per heavy atom. The second-order valence-electron chi connectivity index (χ2n) is 3.92. The number of ether oxygens (including phenoxy) is 1. The van der Waals surface area contributed by atoms with Gasteiger partial charge >= 0.3 is 6.61 Å². The molecule has 1 heterocycles. The SMILES string of the molecule is CCc1nc(-c2ccccc2OC(F)F)nc(N)c1Br. The van der Waals surface area contributed by atoms with Crippen LogP contribution in [0.4, 0.5) is 14.6 Å². The third-order valence-electron chi connectivity index (χ3n) is 2.62. The second-order valence-corrected chi connectivity index (χ2v) is 4.71. The highest BCUT2D eigenvalue weighted by Gasteiger charge is 2.15. The molecule has 0 aliphatic carbocycles. The summed E-state index contributed by atoms with van der Waals surface area (Å²) in [6.45, 7) is -0.993. The van der Waals surface area contributed by atoms with Gasteiger partial charge in [0.05, 0.1) is 15.7 Å². The molecule has 1 aromatic heterocycles. The van der Waals surface area contributed by atoms with Gasteiger partial charge in [0.1, 0.15) is 11.6 Å². The van der Waals surface area contributed by atoms with Crippen LogP contribution in [0.3, 0.4) is 0 Å². The molecule has 4 nitrogen and oxygen atoms in total. The van der Waals surface area contributed by atoms with Crippen molar-refractivity contribution in [3.8, 4) is 17.1 Å². The van der Waals surface area contributed by atoms with Gasteiger partial charge in [0.15, 0.2) is 5.82 Å². The average Bonchev–Trinajstić information content (AvgIpc) is 2.42. The van der Waals surface area contributed by atoms with Crippen LogP contribution in [0.1, 0.15) is 12.6 Å². The van der Waals surface area contributed by atoms with Crippen molar-refractivity contribution in [2.45, 2.75) is 20.0 Å². The molecule has 0 atom stereocenters. The average molecular weight is 344 g/mol. The maximum atomic E-state index is 12.4. The van der Waals surface area contributed by atoms with Gasteiger partial charge in [0, 0.05) is 0 Å². The van der Waals surface area contributed by atoms with Gasteiger partial charge in [-0.05, 0) is 34.5 Å². The number of aromatic nitrogens is 2. The number of hydrogen-bond acceptors (Lipinski definition) is 4. The number of anilines is 1. The third-order valence-corrected chi connectivity index (χ3v) is 3.49. The Bertz CT molecular complexity index is 623. The van der Waals surface area contributed by atoms with Gasteiger partial charge in [-0.3, -0.25) is 0 Å².